The van der Waals surface area contributed by atoms with Crippen molar-refractivity contribution in [1.29, 1.82) is 0 Å². The zero-order valence-corrected chi connectivity index (χ0v) is 17.2. The van der Waals surface area contributed by atoms with Crippen LogP contribution in [0, 0.1) is 0 Å². The van der Waals surface area contributed by atoms with Crippen molar-refractivity contribution in [2.75, 3.05) is 17.3 Å². The number of sulfone groups is 1. The Kier molecular flexibility index (Phi) is 4.98. The van der Waals surface area contributed by atoms with E-state index in [1.807, 2.05) is 12.1 Å². The molecule has 1 aliphatic rings. The lowest BCUT2D eigenvalue weighted by Gasteiger charge is -2.40. The molecule has 0 saturated heterocycles. The van der Waals surface area contributed by atoms with Gasteiger partial charge in [-0.3, -0.25) is 9.78 Å². The predicted octanol–water partition coefficient (Wildman–Crippen LogP) is 2.58. The van der Waals surface area contributed by atoms with Gasteiger partial charge in [0.2, 0.25) is 11.9 Å². The number of rotatable bonds is 5. The SMILES string of the molecule is CS(=O)(=O)c1ccc(NC(=O)C2(c3ccc(-c4cnc(N)nc4)nc3)CCC2)cc1. The first-order valence-corrected chi connectivity index (χ1v) is 11.3. The van der Waals surface area contributed by atoms with Gasteiger partial charge in [0.15, 0.2) is 9.84 Å². The Balaban J connectivity index is 1.54. The molecule has 4 rings (SSSR count). The van der Waals surface area contributed by atoms with Crippen LogP contribution in [0.25, 0.3) is 11.3 Å². The Bertz CT molecular complexity index is 1170. The first-order chi connectivity index (χ1) is 14.3. The first kappa shape index (κ1) is 20.0. The summed E-state index contributed by atoms with van der Waals surface area (Å²) >= 11 is 0. The molecule has 3 aromatic rings. The molecule has 8 nitrogen and oxygen atoms in total. The summed E-state index contributed by atoms with van der Waals surface area (Å²) in [6.45, 7) is 0. The van der Waals surface area contributed by atoms with Crippen LogP contribution in [0.5, 0.6) is 0 Å². The van der Waals surface area contributed by atoms with Gasteiger partial charge in [0.05, 0.1) is 16.0 Å². The van der Waals surface area contributed by atoms with Gasteiger partial charge < -0.3 is 11.1 Å². The molecule has 0 spiro atoms. The number of nitrogens with zero attached hydrogens (tertiary/aromatic N) is 3. The Morgan fingerprint density at radius 3 is 2.17 bits per heavy atom. The fourth-order valence-electron chi connectivity index (χ4n) is 3.53. The summed E-state index contributed by atoms with van der Waals surface area (Å²) in [6, 6.07) is 9.93. The molecule has 2 heterocycles. The summed E-state index contributed by atoms with van der Waals surface area (Å²) in [5.41, 5.74) is 7.73. The molecule has 30 heavy (non-hydrogen) atoms. The number of nitrogen functional groups attached to an aromatic ring is 1. The summed E-state index contributed by atoms with van der Waals surface area (Å²) < 4.78 is 23.2. The molecule has 9 heteroatoms. The van der Waals surface area contributed by atoms with Crippen molar-refractivity contribution in [1.82, 2.24) is 15.0 Å². The summed E-state index contributed by atoms with van der Waals surface area (Å²) in [5, 5.41) is 2.92. The average molecular weight is 423 g/mol. The van der Waals surface area contributed by atoms with E-state index in [2.05, 4.69) is 20.3 Å². The monoisotopic (exact) mass is 423 g/mol. The van der Waals surface area contributed by atoms with E-state index in [0.29, 0.717) is 11.4 Å². The Hall–Kier alpha value is -3.33. The van der Waals surface area contributed by atoms with Crippen molar-refractivity contribution in [3.05, 3.63) is 60.6 Å². The van der Waals surface area contributed by atoms with Crippen LogP contribution in [0.2, 0.25) is 0 Å². The smallest absolute Gasteiger partial charge is 0.235 e. The lowest BCUT2D eigenvalue weighted by Crippen LogP contribution is -2.46. The molecule has 1 saturated carbocycles. The zero-order chi connectivity index (χ0) is 21.4. The van der Waals surface area contributed by atoms with Crippen LogP contribution >= 0.6 is 0 Å². The topological polar surface area (TPSA) is 128 Å². The number of hydrogen-bond donors (Lipinski definition) is 2. The number of pyridine rings is 1. The van der Waals surface area contributed by atoms with Gasteiger partial charge in [-0.15, -0.1) is 0 Å². The highest BCUT2D eigenvalue weighted by atomic mass is 32.2. The molecule has 3 N–H and O–H groups in total. The van der Waals surface area contributed by atoms with E-state index in [9.17, 15) is 13.2 Å². The minimum atomic E-state index is -3.28. The largest absolute Gasteiger partial charge is 0.368 e. The minimum Gasteiger partial charge on any atom is -0.368 e. The third-order valence-electron chi connectivity index (χ3n) is 5.47. The van der Waals surface area contributed by atoms with Crippen molar-refractivity contribution in [2.24, 2.45) is 0 Å². The highest BCUT2D eigenvalue weighted by molar-refractivity contribution is 7.90. The summed E-state index contributed by atoms with van der Waals surface area (Å²) in [6.07, 6.45) is 8.49. The number of aromatic nitrogens is 3. The highest BCUT2D eigenvalue weighted by Crippen LogP contribution is 2.44. The molecule has 0 unspecified atom stereocenters. The van der Waals surface area contributed by atoms with Crippen molar-refractivity contribution in [2.45, 2.75) is 29.6 Å². The van der Waals surface area contributed by atoms with Gasteiger partial charge >= 0.3 is 0 Å². The van der Waals surface area contributed by atoms with Crippen LogP contribution in [0.1, 0.15) is 24.8 Å². The number of amides is 1. The minimum absolute atomic E-state index is 0.119. The molecular formula is C21H21N5O3S. The van der Waals surface area contributed by atoms with E-state index in [4.69, 9.17) is 5.73 Å². The number of carbonyl (C=O) groups is 1. The predicted molar refractivity (Wildman–Crippen MR) is 113 cm³/mol. The molecule has 2 aromatic heterocycles. The van der Waals surface area contributed by atoms with Crippen LogP contribution in [0.15, 0.2) is 59.9 Å². The van der Waals surface area contributed by atoms with Gasteiger partial charge in [-0.2, -0.15) is 0 Å². The first-order valence-electron chi connectivity index (χ1n) is 9.44. The second-order valence-electron chi connectivity index (χ2n) is 7.45. The summed E-state index contributed by atoms with van der Waals surface area (Å²) in [4.78, 5) is 25.8. The van der Waals surface area contributed by atoms with E-state index in [1.54, 1.807) is 30.7 Å². The van der Waals surface area contributed by atoms with Crippen molar-refractivity contribution in [3.63, 3.8) is 0 Å². The standard InChI is InChI=1S/C21H21N5O3S/c1-30(28,29)17-6-4-16(5-7-17)26-19(27)21(9-2-10-21)15-3-8-18(23-13-15)14-11-24-20(22)25-12-14/h3-8,11-13H,2,9-10H2,1H3,(H,26,27)(H2,22,24,25). The van der Waals surface area contributed by atoms with Gasteiger partial charge in [-0.05, 0) is 48.7 Å². The quantitative estimate of drug-likeness (QED) is 0.645. The molecule has 1 aliphatic carbocycles. The molecular weight excluding hydrogens is 402 g/mol. The molecule has 1 fully saturated rings. The Morgan fingerprint density at radius 1 is 1.00 bits per heavy atom. The molecule has 0 radical (unpaired) electrons. The maximum Gasteiger partial charge on any atom is 0.235 e. The molecule has 0 aliphatic heterocycles. The molecule has 1 amide bonds. The molecule has 0 bridgehead atoms. The molecule has 0 atom stereocenters. The molecule has 1 aromatic carbocycles. The third kappa shape index (κ3) is 3.76. The van der Waals surface area contributed by atoms with Crippen molar-refractivity contribution < 1.29 is 13.2 Å². The van der Waals surface area contributed by atoms with Crippen molar-refractivity contribution >= 4 is 27.4 Å². The van der Waals surface area contributed by atoms with Crippen LogP contribution in [0.4, 0.5) is 11.6 Å². The Labute approximate surface area is 174 Å². The highest BCUT2D eigenvalue weighted by Gasteiger charge is 2.45. The van der Waals surface area contributed by atoms with Crippen LogP contribution < -0.4 is 11.1 Å². The lowest BCUT2D eigenvalue weighted by atomic mass is 9.64. The van der Waals surface area contributed by atoms with Crippen LogP contribution in [0.3, 0.4) is 0 Å². The molecule has 154 valence electrons. The van der Waals surface area contributed by atoms with E-state index >= 15 is 0 Å². The maximum absolute atomic E-state index is 13.1. The van der Waals surface area contributed by atoms with E-state index in [-0.39, 0.29) is 16.8 Å². The van der Waals surface area contributed by atoms with E-state index in [0.717, 1.165) is 36.6 Å². The van der Waals surface area contributed by atoms with Crippen LogP contribution in [-0.2, 0) is 20.0 Å². The second kappa shape index (κ2) is 7.49. The normalized spacial score (nSPS) is 15.2. The number of benzene rings is 1. The third-order valence-corrected chi connectivity index (χ3v) is 6.59. The number of anilines is 2. The summed E-state index contributed by atoms with van der Waals surface area (Å²) in [5.74, 6) is 0.0799. The summed E-state index contributed by atoms with van der Waals surface area (Å²) in [7, 11) is -3.28. The van der Waals surface area contributed by atoms with Gasteiger partial charge in [0.1, 0.15) is 0 Å². The van der Waals surface area contributed by atoms with Gasteiger partial charge in [-0.25, -0.2) is 18.4 Å². The van der Waals surface area contributed by atoms with E-state index < -0.39 is 15.3 Å². The number of nitrogens with two attached hydrogens (primary N) is 1. The van der Waals surface area contributed by atoms with Gasteiger partial charge in [0, 0.05) is 36.1 Å². The van der Waals surface area contributed by atoms with Gasteiger partial charge in [0.25, 0.3) is 0 Å². The zero-order valence-electron chi connectivity index (χ0n) is 16.4. The Morgan fingerprint density at radius 2 is 1.67 bits per heavy atom. The number of carbonyl (C=O) groups excluding carboxylic acids is 1. The maximum atomic E-state index is 13.1. The fraction of sp³-hybridized carbons (Fsp3) is 0.238. The fourth-order valence-corrected chi connectivity index (χ4v) is 4.16. The van der Waals surface area contributed by atoms with E-state index in [1.165, 1.54) is 12.1 Å². The number of nitrogens with one attached hydrogen (secondary N) is 1. The lowest BCUT2D eigenvalue weighted by molar-refractivity contribution is -0.124. The van der Waals surface area contributed by atoms with Crippen molar-refractivity contribution in [3.8, 4) is 11.3 Å². The van der Waals surface area contributed by atoms with Gasteiger partial charge in [-0.1, -0.05) is 12.5 Å². The number of hydrogen-bond acceptors (Lipinski definition) is 7. The second-order valence-corrected chi connectivity index (χ2v) is 9.46. The average Bonchev–Trinajstić information content (AvgIpc) is 2.68. The van der Waals surface area contributed by atoms with Crippen LogP contribution in [-0.4, -0.2) is 35.5 Å².